The molecule has 24 heavy (non-hydrogen) atoms. The summed E-state index contributed by atoms with van der Waals surface area (Å²) in [4.78, 5) is 14.9. The number of carbonyl (C=O) groups excluding carboxylic acids is 1. The lowest BCUT2D eigenvalue weighted by molar-refractivity contribution is -0.128. The molecule has 2 aromatic rings. The molecule has 1 aliphatic rings. The molecule has 1 fully saturated rings. The van der Waals surface area contributed by atoms with Gasteiger partial charge in [-0.15, -0.1) is 0 Å². The Kier molecular flexibility index (Phi) is 5.29. The van der Waals surface area contributed by atoms with E-state index in [4.69, 9.17) is 9.47 Å². The van der Waals surface area contributed by atoms with Gasteiger partial charge in [0.25, 0.3) is 5.91 Å². The second-order valence-electron chi connectivity index (χ2n) is 5.57. The summed E-state index contributed by atoms with van der Waals surface area (Å²) in [5, 5.41) is 0. The highest BCUT2D eigenvalue weighted by molar-refractivity contribution is 6.24. The normalized spacial score (nSPS) is 15.2. The van der Waals surface area contributed by atoms with Crippen LogP contribution in [0.5, 0.6) is 5.75 Å². The van der Waals surface area contributed by atoms with Crippen LogP contribution in [0, 0.1) is 0 Å². The Morgan fingerprint density at radius 2 is 1.71 bits per heavy atom. The molecular weight excluding hydrogens is 302 g/mol. The van der Waals surface area contributed by atoms with E-state index in [2.05, 4.69) is 0 Å². The van der Waals surface area contributed by atoms with Crippen molar-refractivity contribution in [2.45, 2.75) is 0 Å². The van der Waals surface area contributed by atoms with Gasteiger partial charge in [-0.25, -0.2) is 0 Å². The molecular formula is C20H21NO3. The topological polar surface area (TPSA) is 38.8 Å². The Hall–Kier alpha value is -2.59. The molecule has 2 aromatic carbocycles. The van der Waals surface area contributed by atoms with E-state index in [1.165, 1.54) is 0 Å². The first kappa shape index (κ1) is 16.3. The number of amides is 1. The molecule has 1 aliphatic heterocycles. The molecule has 0 spiro atoms. The van der Waals surface area contributed by atoms with Crippen molar-refractivity contribution < 1.29 is 14.3 Å². The third kappa shape index (κ3) is 3.66. The van der Waals surface area contributed by atoms with Gasteiger partial charge in [-0.1, -0.05) is 48.5 Å². The number of para-hydroxylation sites is 1. The molecule has 0 radical (unpaired) electrons. The third-order valence-corrected chi connectivity index (χ3v) is 4.05. The molecule has 0 aromatic heterocycles. The van der Waals surface area contributed by atoms with Gasteiger partial charge >= 0.3 is 0 Å². The van der Waals surface area contributed by atoms with Gasteiger partial charge in [0.1, 0.15) is 5.75 Å². The van der Waals surface area contributed by atoms with Crippen molar-refractivity contribution in [1.29, 1.82) is 0 Å². The number of hydrogen-bond acceptors (Lipinski definition) is 3. The largest absolute Gasteiger partial charge is 0.496 e. The summed E-state index contributed by atoms with van der Waals surface area (Å²) in [6, 6.07) is 17.5. The number of nitrogens with zero attached hydrogens (tertiary/aromatic N) is 1. The average Bonchev–Trinajstić information content (AvgIpc) is 2.67. The number of methoxy groups -OCH3 is 1. The van der Waals surface area contributed by atoms with Gasteiger partial charge in [0.15, 0.2) is 0 Å². The zero-order valence-electron chi connectivity index (χ0n) is 13.8. The van der Waals surface area contributed by atoms with Crippen LogP contribution in [0.25, 0.3) is 11.6 Å². The smallest absolute Gasteiger partial charge is 0.254 e. The number of hydrogen-bond donors (Lipinski definition) is 0. The summed E-state index contributed by atoms with van der Waals surface area (Å²) in [5.74, 6) is 0.774. The fourth-order valence-electron chi connectivity index (χ4n) is 2.76. The summed E-state index contributed by atoms with van der Waals surface area (Å²) in [5.41, 5.74) is 2.46. The van der Waals surface area contributed by atoms with Crippen molar-refractivity contribution in [3.05, 3.63) is 65.7 Å². The lowest BCUT2D eigenvalue weighted by Crippen LogP contribution is -2.41. The molecule has 0 saturated carbocycles. The Morgan fingerprint density at radius 3 is 2.42 bits per heavy atom. The number of rotatable bonds is 4. The van der Waals surface area contributed by atoms with Crippen molar-refractivity contribution in [2.24, 2.45) is 0 Å². The molecule has 1 heterocycles. The highest BCUT2D eigenvalue weighted by atomic mass is 16.5. The monoisotopic (exact) mass is 323 g/mol. The highest BCUT2D eigenvalue weighted by Crippen LogP contribution is 2.26. The third-order valence-electron chi connectivity index (χ3n) is 4.05. The predicted molar refractivity (Wildman–Crippen MR) is 94.7 cm³/mol. The van der Waals surface area contributed by atoms with Gasteiger partial charge in [0.05, 0.1) is 20.3 Å². The Balaban J connectivity index is 2.02. The van der Waals surface area contributed by atoms with Crippen molar-refractivity contribution in [1.82, 2.24) is 4.90 Å². The van der Waals surface area contributed by atoms with Crippen molar-refractivity contribution >= 4 is 17.6 Å². The minimum Gasteiger partial charge on any atom is -0.496 e. The van der Waals surface area contributed by atoms with Crippen LogP contribution in [0.4, 0.5) is 0 Å². The Labute approximate surface area is 142 Å². The molecule has 3 rings (SSSR count). The average molecular weight is 323 g/mol. The van der Waals surface area contributed by atoms with Crippen LogP contribution in [0.2, 0.25) is 0 Å². The zero-order chi connectivity index (χ0) is 16.8. The van der Waals surface area contributed by atoms with E-state index in [1.54, 1.807) is 7.11 Å². The lowest BCUT2D eigenvalue weighted by Gasteiger charge is -2.28. The molecule has 0 atom stereocenters. The fraction of sp³-hybridized carbons (Fsp3) is 0.250. The highest BCUT2D eigenvalue weighted by Gasteiger charge is 2.22. The van der Waals surface area contributed by atoms with E-state index in [9.17, 15) is 4.79 Å². The van der Waals surface area contributed by atoms with E-state index in [0.717, 1.165) is 16.9 Å². The molecule has 0 aliphatic carbocycles. The molecule has 4 heteroatoms. The van der Waals surface area contributed by atoms with E-state index in [0.29, 0.717) is 31.9 Å². The Morgan fingerprint density at radius 1 is 1.04 bits per heavy atom. The first-order chi connectivity index (χ1) is 11.8. The number of carbonyl (C=O) groups is 1. The van der Waals surface area contributed by atoms with E-state index in [-0.39, 0.29) is 5.91 Å². The van der Waals surface area contributed by atoms with Crippen molar-refractivity contribution in [2.75, 3.05) is 33.4 Å². The van der Waals surface area contributed by atoms with E-state index in [1.807, 2.05) is 65.6 Å². The molecule has 0 N–H and O–H groups in total. The van der Waals surface area contributed by atoms with Crippen LogP contribution >= 0.6 is 0 Å². The molecule has 124 valence electrons. The maximum Gasteiger partial charge on any atom is 0.254 e. The fourth-order valence-corrected chi connectivity index (χ4v) is 2.76. The van der Waals surface area contributed by atoms with Crippen LogP contribution in [-0.4, -0.2) is 44.2 Å². The van der Waals surface area contributed by atoms with Gasteiger partial charge < -0.3 is 14.4 Å². The van der Waals surface area contributed by atoms with Crippen LogP contribution in [0.1, 0.15) is 11.1 Å². The summed E-state index contributed by atoms with van der Waals surface area (Å²) in [7, 11) is 1.64. The Bertz CT molecular complexity index is 719. The molecule has 0 unspecified atom stereocenters. The molecule has 1 saturated heterocycles. The van der Waals surface area contributed by atoms with Crippen LogP contribution in [0.15, 0.2) is 54.6 Å². The molecule has 0 bridgehead atoms. The maximum atomic E-state index is 13.1. The summed E-state index contributed by atoms with van der Waals surface area (Å²) in [6.45, 7) is 2.41. The first-order valence-electron chi connectivity index (χ1n) is 8.07. The van der Waals surface area contributed by atoms with Crippen LogP contribution < -0.4 is 4.74 Å². The van der Waals surface area contributed by atoms with Gasteiger partial charge in [-0.05, 0) is 17.7 Å². The summed E-state index contributed by atoms with van der Waals surface area (Å²) in [6.07, 6.45) is 1.91. The van der Waals surface area contributed by atoms with Gasteiger partial charge in [0, 0.05) is 24.2 Å². The molecule has 4 nitrogen and oxygen atoms in total. The summed E-state index contributed by atoms with van der Waals surface area (Å²) < 4.78 is 10.8. The van der Waals surface area contributed by atoms with E-state index < -0.39 is 0 Å². The first-order valence-corrected chi connectivity index (χ1v) is 8.07. The van der Waals surface area contributed by atoms with Crippen molar-refractivity contribution in [3.63, 3.8) is 0 Å². The minimum absolute atomic E-state index is 0.0235. The van der Waals surface area contributed by atoms with Crippen LogP contribution in [0.3, 0.4) is 0 Å². The standard InChI is InChI=1S/C20H21NO3/c1-23-19-10-6-5-9-17(19)15-18(16-7-3-2-4-8-16)20(22)21-11-13-24-14-12-21/h2-10,15H,11-14H2,1H3. The number of benzene rings is 2. The maximum absolute atomic E-state index is 13.1. The quantitative estimate of drug-likeness (QED) is 0.641. The van der Waals surface area contributed by atoms with Crippen LogP contribution in [-0.2, 0) is 9.53 Å². The minimum atomic E-state index is 0.0235. The lowest BCUT2D eigenvalue weighted by atomic mass is 10.0. The van der Waals surface area contributed by atoms with Crippen molar-refractivity contribution in [3.8, 4) is 5.75 Å². The summed E-state index contributed by atoms with van der Waals surface area (Å²) >= 11 is 0. The zero-order valence-corrected chi connectivity index (χ0v) is 13.8. The van der Waals surface area contributed by atoms with Gasteiger partial charge in [-0.2, -0.15) is 0 Å². The SMILES string of the molecule is COc1ccccc1C=C(C(=O)N1CCOCC1)c1ccccc1. The van der Waals surface area contributed by atoms with E-state index >= 15 is 0 Å². The second kappa shape index (κ2) is 7.79. The molecule has 1 amide bonds. The second-order valence-corrected chi connectivity index (χ2v) is 5.57. The number of ether oxygens (including phenoxy) is 2. The van der Waals surface area contributed by atoms with Gasteiger partial charge in [-0.3, -0.25) is 4.79 Å². The van der Waals surface area contributed by atoms with Gasteiger partial charge in [0.2, 0.25) is 0 Å². The number of morpholine rings is 1. The predicted octanol–water partition coefficient (Wildman–Crippen LogP) is 3.09.